The number of carbonyl (C=O) groups is 1. The number of nitrogen functional groups attached to an aromatic ring is 1. The Balaban J connectivity index is 2.21. The fourth-order valence-electron chi connectivity index (χ4n) is 1.57. The van der Waals surface area contributed by atoms with Gasteiger partial charge < -0.3 is 15.8 Å². The number of hydrogen-bond donors (Lipinski definition) is 2. The van der Waals surface area contributed by atoms with Crippen LogP contribution in [0.5, 0.6) is 5.75 Å². The minimum absolute atomic E-state index is 0.0334. The van der Waals surface area contributed by atoms with Crippen LogP contribution in [0.2, 0.25) is 0 Å². The van der Waals surface area contributed by atoms with Gasteiger partial charge >= 0.3 is 0 Å². The first-order valence-electron chi connectivity index (χ1n) is 5.93. The molecule has 1 aromatic carbocycles. The third-order valence-electron chi connectivity index (χ3n) is 2.52. The van der Waals surface area contributed by atoms with Gasteiger partial charge in [-0.05, 0) is 44.9 Å². The van der Waals surface area contributed by atoms with Gasteiger partial charge in [-0.2, -0.15) is 0 Å². The molecule has 92 valence electrons. The Labute approximate surface area is 101 Å². The predicted molar refractivity (Wildman–Crippen MR) is 67.1 cm³/mol. The lowest BCUT2D eigenvalue weighted by Crippen LogP contribution is -2.26. The zero-order valence-corrected chi connectivity index (χ0v) is 10.2. The summed E-state index contributed by atoms with van der Waals surface area (Å²) in [4.78, 5) is 12.0. The summed E-state index contributed by atoms with van der Waals surface area (Å²) in [6.07, 6.45) is 2.16. The van der Waals surface area contributed by atoms with E-state index >= 15 is 0 Å². The Bertz CT molecular complexity index is 425. The van der Waals surface area contributed by atoms with E-state index < -0.39 is 0 Å². The third kappa shape index (κ3) is 3.12. The third-order valence-corrected chi connectivity index (χ3v) is 2.52. The maximum Gasteiger partial charge on any atom is 0.255 e. The molecule has 0 bridgehead atoms. The molecular formula is C13H18N2O2. The predicted octanol–water partition coefficient (Wildman–Crippen LogP) is 1.95. The van der Waals surface area contributed by atoms with E-state index in [4.69, 9.17) is 10.5 Å². The molecule has 1 saturated carbocycles. The van der Waals surface area contributed by atoms with E-state index in [1.54, 1.807) is 18.2 Å². The number of nitrogens with two attached hydrogens (primary N) is 1. The number of rotatable bonds is 4. The molecule has 4 heteroatoms. The number of hydrogen-bond acceptors (Lipinski definition) is 3. The molecule has 1 fully saturated rings. The highest BCUT2D eigenvalue weighted by Crippen LogP contribution is 2.25. The average molecular weight is 234 g/mol. The Kier molecular flexibility index (Phi) is 3.22. The van der Waals surface area contributed by atoms with Crippen LogP contribution in [0.3, 0.4) is 0 Å². The Morgan fingerprint density at radius 2 is 2.18 bits per heavy atom. The Morgan fingerprint density at radius 3 is 2.76 bits per heavy atom. The van der Waals surface area contributed by atoms with Gasteiger partial charge in [0.25, 0.3) is 5.91 Å². The molecule has 1 aliphatic carbocycles. The summed E-state index contributed by atoms with van der Waals surface area (Å²) in [6.45, 7) is 3.86. The lowest BCUT2D eigenvalue weighted by atomic mass is 10.1. The first kappa shape index (κ1) is 11.8. The SMILES string of the molecule is CC(C)Oc1ccc(N)cc1C(=O)NC1CC1. The van der Waals surface area contributed by atoms with Crippen LogP contribution in [0.25, 0.3) is 0 Å². The molecule has 1 amide bonds. The van der Waals surface area contributed by atoms with E-state index in [9.17, 15) is 4.79 Å². The molecule has 0 heterocycles. The van der Waals surface area contributed by atoms with E-state index in [2.05, 4.69) is 5.32 Å². The van der Waals surface area contributed by atoms with Crippen molar-refractivity contribution < 1.29 is 9.53 Å². The summed E-state index contributed by atoms with van der Waals surface area (Å²) in [5.74, 6) is 0.489. The standard InChI is InChI=1S/C13H18N2O2/c1-8(2)17-12-6-3-9(14)7-11(12)13(16)15-10-4-5-10/h3,6-8,10H,4-5,14H2,1-2H3,(H,15,16). The van der Waals surface area contributed by atoms with Crippen molar-refractivity contribution in [2.24, 2.45) is 0 Å². The largest absolute Gasteiger partial charge is 0.490 e. The molecule has 3 N–H and O–H groups in total. The normalized spacial score (nSPS) is 14.8. The van der Waals surface area contributed by atoms with E-state index in [-0.39, 0.29) is 12.0 Å². The first-order chi connectivity index (χ1) is 8.06. The number of benzene rings is 1. The second-order valence-electron chi connectivity index (χ2n) is 4.67. The van der Waals surface area contributed by atoms with Crippen LogP contribution in [0.1, 0.15) is 37.0 Å². The minimum atomic E-state index is -0.101. The summed E-state index contributed by atoms with van der Waals surface area (Å²) in [7, 11) is 0. The molecule has 0 aromatic heterocycles. The highest BCUT2D eigenvalue weighted by Gasteiger charge is 2.25. The molecule has 1 aromatic rings. The van der Waals surface area contributed by atoms with Crippen molar-refractivity contribution in [2.75, 3.05) is 5.73 Å². The summed E-state index contributed by atoms with van der Waals surface area (Å²) in [5.41, 5.74) is 6.80. The molecule has 1 aliphatic rings. The van der Waals surface area contributed by atoms with Gasteiger partial charge in [0.1, 0.15) is 5.75 Å². The second kappa shape index (κ2) is 4.65. The maximum absolute atomic E-state index is 12.0. The number of nitrogens with one attached hydrogen (secondary N) is 1. The van der Waals surface area contributed by atoms with Gasteiger partial charge in [0.15, 0.2) is 0 Å². The smallest absolute Gasteiger partial charge is 0.255 e. The molecule has 0 unspecified atom stereocenters. The molecule has 0 radical (unpaired) electrons. The molecule has 0 atom stereocenters. The highest BCUT2D eigenvalue weighted by molar-refractivity contribution is 5.98. The zero-order valence-electron chi connectivity index (χ0n) is 10.2. The molecule has 17 heavy (non-hydrogen) atoms. The van der Waals surface area contributed by atoms with Gasteiger partial charge in [-0.25, -0.2) is 0 Å². The fraction of sp³-hybridized carbons (Fsp3) is 0.462. The number of carbonyl (C=O) groups excluding carboxylic acids is 1. The molecule has 0 aliphatic heterocycles. The molecule has 4 nitrogen and oxygen atoms in total. The molecule has 2 rings (SSSR count). The van der Waals surface area contributed by atoms with Crippen molar-refractivity contribution in [2.45, 2.75) is 38.8 Å². The molecular weight excluding hydrogens is 216 g/mol. The number of ether oxygens (including phenoxy) is 1. The van der Waals surface area contributed by atoms with Crippen molar-refractivity contribution in [3.8, 4) is 5.75 Å². The fourth-order valence-corrected chi connectivity index (χ4v) is 1.57. The van der Waals surface area contributed by atoms with Crippen molar-refractivity contribution >= 4 is 11.6 Å². The van der Waals surface area contributed by atoms with E-state index in [1.807, 2.05) is 13.8 Å². The topological polar surface area (TPSA) is 64.3 Å². The van der Waals surface area contributed by atoms with Crippen molar-refractivity contribution in [3.05, 3.63) is 23.8 Å². The van der Waals surface area contributed by atoms with Crippen molar-refractivity contribution in [1.82, 2.24) is 5.32 Å². The minimum Gasteiger partial charge on any atom is -0.490 e. The highest BCUT2D eigenvalue weighted by atomic mass is 16.5. The lowest BCUT2D eigenvalue weighted by Gasteiger charge is -2.14. The molecule has 0 spiro atoms. The quantitative estimate of drug-likeness (QED) is 0.783. The Morgan fingerprint density at radius 1 is 1.47 bits per heavy atom. The first-order valence-corrected chi connectivity index (χ1v) is 5.93. The average Bonchev–Trinajstić information content (AvgIpc) is 3.03. The zero-order chi connectivity index (χ0) is 12.4. The van der Waals surface area contributed by atoms with Gasteiger partial charge in [0.05, 0.1) is 11.7 Å². The van der Waals surface area contributed by atoms with Crippen LogP contribution in [-0.4, -0.2) is 18.1 Å². The number of anilines is 1. The van der Waals surface area contributed by atoms with E-state index in [1.165, 1.54) is 0 Å². The van der Waals surface area contributed by atoms with Crippen LogP contribution in [-0.2, 0) is 0 Å². The summed E-state index contributed by atoms with van der Waals surface area (Å²) < 4.78 is 5.61. The van der Waals surface area contributed by atoms with E-state index in [0.29, 0.717) is 23.0 Å². The summed E-state index contributed by atoms with van der Waals surface area (Å²) in [6, 6.07) is 5.48. The van der Waals surface area contributed by atoms with Gasteiger partial charge in [-0.1, -0.05) is 0 Å². The monoisotopic (exact) mass is 234 g/mol. The van der Waals surface area contributed by atoms with Crippen LogP contribution in [0.15, 0.2) is 18.2 Å². The Hall–Kier alpha value is -1.71. The van der Waals surface area contributed by atoms with Crippen LogP contribution < -0.4 is 15.8 Å². The van der Waals surface area contributed by atoms with E-state index in [0.717, 1.165) is 12.8 Å². The van der Waals surface area contributed by atoms with Gasteiger partial charge in [0, 0.05) is 11.7 Å². The molecule has 0 saturated heterocycles. The second-order valence-corrected chi connectivity index (χ2v) is 4.67. The lowest BCUT2D eigenvalue weighted by molar-refractivity contribution is 0.0945. The summed E-state index contributed by atoms with van der Waals surface area (Å²) >= 11 is 0. The maximum atomic E-state index is 12.0. The van der Waals surface area contributed by atoms with Crippen molar-refractivity contribution in [1.29, 1.82) is 0 Å². The van der Waals surface area contributed by atoms with Crippen LogP contribution >= 0.6 is 0 Å². The van der Waals surface area contributed by atoms with Crippen LogP contribution in [0, 0.1) is 0 Å². The van der Waals surface area contributed by atoms with Gasteiger partial charge in [-0.15, -0.1) is 0 Å². The van der Waals surface area contributed by atoms with Gasteiger partial charge in [-0.3, -0.25) is 4.79 Å². The van der Waals surface area contributed by atoms with Crippen LogP contribution in [0.4, 0.5) is 5.69 Å². The summed E-state index contributed by atoms with van der Waals surface area (Å²) in [5, 5.41) is 2.94. The van der Waals surface area contributed by atoms with Gasteiger partial charge in [0.2, 0.25) is 0 Å². The van der Waals surface area contributed by atoms with Crippen molar-refractivity contribution in [3.63, 3.8) is 0 Å². The number of amides is 1.